The topological polar surface area (TPSA) is 105 Å². The van der Waals surface area contributed by atoms with Crippen molar-refractivity contribution >= 4 is 17.8 Å². The molecule has 1 aliphatic rings. The number of nitrogens with one attached hydrogen (secondary N) is 2. The third-order valence-corrected chi connectivity index (χ3v) is 5.17. The fraction of sp³-hybridized carbons (Fsp3) is 0.348. The van der Waals surface area contributed by atoms with Gasteiger partial charge in [0.15, 0.2) is 0 Å². The van der Waals surface area contributed by atoms with Crippen LogP contribution in [0, 0.1) is 5.92 Å². The molecule has 7 heteroatoms. The van der Waals surface area contributed by atoms with Crippen molar-refractivity contribution in [3.05, 3.63) is 65.7 Å². The van der Waals surface area contributed by atoms with E-state index in [2.05, 4.69) is 10.6 Å². The molecule has 1 saturated carbocycles. The number of aliphatic carboxylic acids is 1. The van der Waals surface area contributed by atoms with Crippen molar-refractivity contribution in [2.75, 3.05) is 13.1 Å². The van der Waals surface area contributed by atoms with Gasteiger partial charge in [0.05, 0.1) is 12.0 Å². The minimum atomic E-state index is -0.733. The molecular formula is C23H26N2O5. The lowest BCUT2D eigenvalue weighted by molar-refractivity contribution is -0.143. The molecule has 0 atom stereocenters. The van der Waals surface area contributed by atoms with Gasteiger partial charge >= 0.3 is 5.97 Å². The highest BCUT2D eigenvalue weighted by Gasteiger charge is 2.26. The van der Waals surface area contributed by atoms with Gasteiger partial charge in [-0.05, 0) is 62.1 Å². The van der Waals surface area contributed by atoms with Crippen molar-refractivity contribution in [3.63, 3.8) is 0 Å². The van der Waals surface area contributed by atoms with Gasteiger partial charge in [-0.3, -0.25) is 14.4 Å². The number of hydrogen-bond acceptors (Lipinski definition) is 4. The molecule has 2 amide bonds. The molecular weight excluding hydrogens is 384 g/mol. The van der Waals surface area contributed by atoms with Crippen LogP contribution >= 0.6 is 0 Å². The van der Waals surface area contributed by atoms with E-state index >= 15 is 0 Å². The van der Waals surface area contributed by atoms with Gasteiger partial charge in [-0.25, -0.2) is 0 Å². The molecule has 30 heavy (non-hydrogen) atoms. The quantitative estimate of drug-likeness (QED) is 0.581. The van der Waals surface area contributed by atoms with Gasteiger partial charge in [0.1, 0.15) is 5.75 Å². The summed E-state index contributed by atoms with van der Waals surface area (Å²) in [5.41, 5.74) is 1.09. The Kier molecular flexibility index (Phi) is 7.43. The molecule has 3 N–H and O–H groups in total. The molecule has 2 aromatic rings. The summed E-state index contributed by atoms with van der Waals surface area (Å²) in [6, 6.07) is 15.8. The molecule has 0 spiro atoms. The lowest BCUT2D eigenvalue weighted by atomic mass is 9.87. The zero-order chi connectivity index (χ0) is 21.3. The zero-order valence-electron chi connectivity index (χ0n) is 16.7. The molecule has 0 saturated heterocycles. The lowest BCUT2D eigenvalue weighted by Gasteiger charge is -2.26. The highest BCUT2D eigenvalue weighted by atomic mass is 16.5. The second kappa shape index (κ2) is 10.4. The van der Waals surface area contributed by atoms with E-state index in [1.807, 2.05) is 6.07 Å². The number of rotatable bonds is 8. The summed E-state index contributed by atoms with van der Waals surface area (Å²) in [7, 11) is 0. The predicted octanol–water partition coefficient (Wildman–Crippen LogP) is 2.87. The molecule has 1 aliphatic carbocycles. The first-order chi connectivity index (χ1) is 14.5. The van der Waals surface area contributed by atoms with Crippen molar-refractivity contribution in [1.29, 1.82) is 0 Å². The fourth-order valence-electron chi connectivity index (χ4n) is 3.45. The van der Waals surface area contributed by atoms with Crippen LogP contribution in [0.2, 0.25) is 0 Å². The monoisotopic (exact) mass is 410 g/mol. The number of ether oxygens (including phenoxy) is 1. The molecule has 0 unspecified atom stereocenters. The number of amides is 2. The summed E-state index contributed by atoms with van der Waals surface area (Å²) >= 11 is 0. The number of carbonyl (C=O) groups excluding carboxylic acids is 2. The van der Waals surface area contributed by atoms with E-state index in [9.17, 15) is 14.4 Å². The number of carbonyl (C=O) groups is 3. The van der Waals surface area contributed by atoms with Gasteiger partial charge < -0.3 is 20.5 Å². The number of carboxylic acids is 1. The van der Waals surface area contributed by atoms with Crippen LogP contribution < -0.4 is 15.4 Å². The second-order valence-corrected chi connectivity index (χ2v) is 7.33. The molecule has 0 radical (unpaired) electrons. The second-order valence-electron chi connectivity index (χ2n) is 7.33. The van der Waals surface area contributed by atoms with Gasteiger partial charge in [0.25, 0.3) is 11.8 Å². The van der Waals surface area contributed by atoms with Crippen LogP contribution in [0.5, 0.6) is 5.75 Å². The third kappa shape index (κ3) is 6.07. The maximum atomic E-state index is 12.2. The summed E-state index contributed by atoms with van der Waals surface area (Å²) in [5, 5.41) is 14.6. The van der Waals surface area contributed by atoms with E-state index in [1.54, 1.807) is 48.5 Å². The van der Waals surface area contributed by atoms with Gasteiger partial charge in [-0.1, -0.05) is 18.2 Å². The van der Waals surface area contributed by atoms with Crippen LogP contribution in [-0.4, -0.2) is 42.1 Å². The van der Waals surface area contributed by atoms with E-state index in [0.717, 1.165) is 0 Å². The highest BCUT2D eigenvalue weighted by molar-refractivity contribution is 5.95. The minimum Gasteiger partial charge on any atom is -0.490 e. The number of benzene rings is 2. The first kappa shape index (κ1) is 21.4. The van der Waals surface area contributed by atoms with E-state index < -0.39 is 5.97 Å². The first-order valence-corrected chi connectivity index (χ1v) is 10.1. The van der Waals surface area contributed by atoms with Crippen LogP contribution in [0.25, 0.3) is 0 Å². The van der Waals surface area contributed by atoms with Crippen molar-refractivity contribution < 1.29 is 24.2 Å². The summed E-state index contributed by atoms with van der Waals surface area (Å²) in [6.07, 6.45) is 2.69. The van der Waals surface area contributed by atoms with Crippen LogP contribution in [-0.2, 0) is 4.79 Å². The SMILES string of the molecule is O=C(NCCNC(=O)c1ccc(O[C@H]2CC[C@@H](C(=O)O)CC2)cc1)c1ccccc1. The van der Waals surface area contributed by atoms with Crippen LogP contribution in [0.15, 0.2) is 54.6 Å². The standard InChI is InChI=1S/C23H26N2O5/c26-21(16-4-2-1-3-5-16)24-14-15-25-22(27)17-6-10-19(11-7-17)30-20-12-8-18(9-13-20)23(28)29/h1-7,10-11,18,20H,8-9,12-15H2,(H,24,26)(H,25,27)(H,28,29)/t18-,20+. The maximum absolute atomic E-state index is 12.2. The molecule has 3 rings (SSSR count). The summed E-state index contributed by atoms with van der Waals surface area (Å²) < 4.78 is 5.91. The van der Waals surface area contributed by atoms with E-state index in [4.69, 9.17) is 9.84 Å². The van der Waals surface area contributed by atoms with Crippen LogP contribution in [0.1, 0.15) is 46.4 Å². The maximum Gasteiger partial charge on any atom is 0.306 e. The Morgan fingerprint density at radius 1 is 0.800 bits per heavy atom. The molecule has 0 heterocycles. The molecule has 7 nitrogen and oxygen atoms in total. The summed E-state index contributed by atoms with van der Waals surface area (Å²) in [5.74, 6) is -0.737. The lowest BCUT2D eigenvalue weighted by Crippen LogP contribution is -2.34. The van der Waals surface area contributed by atoms with Gasteiger partial charge in [0, 0.05) is 24.2 Å². The van der Waals surface area contributed by atoms with Gasteiger partial charge in [0.2, 0.25) is 0 Å². The van der Waals surface area contributed by atoms with E-state index in [0.29, 0.717) is 55.6 Å². The van der Waals surface area contributed by atoms with Crippen LogP contribution in [0.3, 0.4) is 0 Å². The van der Waals surface area contributed by atoms with Crippen molar-refractivity contribution in [3.8, 4) is 5.75 Å². The average Bonchev–Trinajstić information content (AvgIpc) is 2.78. The Morgan fingerprint density at radius 2 is 1.33 bits per heavy atom. The minimum absolute atomic E-state index is 0.00787. The summed E-state index contributed by atoms with van der Waals surface area (Å²) in [4.78, 5) is 35.2. The van der Waals surface area contributed by atoms with E-state index in [-0.39, 0.29) is 23.8 Å². The highest BCUT2D eigenvalue weighted by Crippen LogP contribution is 2.27. The van der Waals surface area contributed by atoms with Gasteiger partial charge in [-0.2, -0.15) is 0 Å². The molecule has 2 aromatic carbocycles. The predicted molar refractivity (Wildman–Crippen MR) is 112 cm³/mol. The normalized spacial score (nSPS) is 18.3. The molecule has 158 valence electrons. The molecule has 1 fully saturated rings. The Labute approximate surface area is 175 Å². The number of carboxylic acid groups (broad SMARTS) is 1. The fourth-order valence-corrected chi connectivity index (χ4v) is 3.45. The Balaban J connectivity index is 1.38. The van der Waals surface area contributed by atoms with E-state index in [1.165, 1.54) is 0 Å². The Morgan fingerprint density at radius 3 is 1.87 bits per heavy atom. The number of hydrogen-bond donors (Lipinski definition) is 3. The smallest absolute Gasteiger partial charge is 0.306 e. The summed E-state index contributed by atoms with van der Waals surface area (Å²) in [6.45, 7) is 0.655. The Hall–Kier alpha value is -3.35. The van der Waals surface area contributed by atoms with Gasteiger partial charge in [-0.15, -0.1) is 0 Å². The third-order valence-electron chi connectivity index (χ3n) is 5.17. The first-order valence-electron chi connectivity index (χ1n) is 10.1. The zero-order valence-corrected chi connectivity index (χ0v) is 16.7. The Bertz CT molecular complexity index is 859. The molecule has 0 bridgehead atoms. The molecule has 0 aliphatic heterocycles. The molecule has 0 aromatic heterocycles. The van der Waals surface area contributed by atoms with Crippen LogP contribution in [0.4, 0.5) is 0 Å². The van der Waals surface area contributed by atoms with Crippen molar-refractivity contribution in [1.82, 2.24) is 10.6 Å². The van der Waals surface area contributed by atoms with Crippen molar-refractivity contribution in [2.24, 2.45) is 5.92 Å². The largest absolute Gasteiger partial charge is 0.490 e. The van der Waals surface area contributed by atoms with Crippen molar-refractivity contribution in [2.45, 2.75) is 31.8 Å². The average molecular weight is 410 g/mol.